The summed E-state index contributed by atoms with van der Waals surface area (Å²) in [7, 11) is 0. The zero-order chi connectivity index (χ0) is 14.2. The van der Waals surface area contributed by atoms with Crippen molar-refractivity contribution in [3.05, 3.63) is 18.2 Å². The van der Waals surface area contributed by atoms with Gasteiger partial charge < -0.3 is 10.2 Å². The van der Waals surface area contributed by atoms with Gasteiger partial charge in [-0.3, -0.25) is 0 Å². The summed E-state index contributed by atoms with van der Waals surface area (Å²) in [5.41, 5.74) is 7.87. The van der Waals surface area contributed by atoms with Crippen molar-refractivity contribution in [2.45, 2.75) is 42.1 Å². The van der Waals surface area contributed by atoms with Gasteiger partial charge in [0.15, 0.2) is 5.58 Å². The van der Waals surface area contributed by atoms with E-state index >= 15 is 0 Å². The Labute approximate surface area is 124 Å². The highest BCUT2D eigenvalue weighted by Gasteiger charge is 2.23. The van der Waals surface area contributed by atoms with E-state index in [0.717, 1.165) is 23.5 Å². The highest BCUT2D eigenvalue weighted by Crippen LogP contribution is 2.34. The van der Waals surface area contributed by atoms with Crippen LogP contribution in [0.1, 0.15) is 31.7 Å². The van der Waals surface area contributed by atoms with Gasteiger partial charge in [-0.25, -0.2) is 9.67 Å². The number of hydrogen-bond donors (Lipinski definition) is 1. The molecular weight excluding hydrogens is 288 g/mol. The molecule has 0 radical (unpaired) electrons. The molecule has 108 valence electrons. The second-order valence-electron chi connectivity index (χ2n) is 5.15. The van der Waals surface area contributed by atoms with E-state index in [2.05, 4.69) is 20.5 Å². The third-order valence-electron chi connectivity index (χ3n) is 3.70. The molecule has 0 amide bonds. The average Bonchev–Trinajstić information content (AvgIpc) is 3.16. The maximum absolute atomic E-state index is 5.74. The Morgan fingerprint density at radius 3 is 3.00 bits per heavy atom. The molecule has 1 aromatic carbocycles. The van der Waals surface area contributed by atoms with Crippen LogP contribution in [-0.2, 0) is 0 Å². The molecule has 0 saturated heterocycles. The Hall–Kier alpha value is -2.09. The number of tetrazole rings is 1. The third kappa shape index (κ3) is 2.35. The van der Waals surface area contributed by atoms with Crippen LogP contribution in [0.15, 0.2) is 33.0 Å². The Balaban J connectivity index is 1.64. The van der Waals surface area contributed by atoms with Gasteiger partial charge in [-0.1, -0.05) is 12.8 Å². The standard InChI is InChI=1S/C13H14N6OS/c14-8-5-6-10-11(7-8)20-13(15-10)21-12-16-17-18-19(12)9-3-1-2-4-9/h5-7,9H,1-4,14H2. The number of fused-ring (bicyclic) bond motifs is 1. The van der Waals surface area contributed by atoms with Crippen molar-refractivity contribution in [3.8, 4) is 0 Å². The second kappa shape index (κ2) is 5.03. The van der Waals surface area contributed by atoms with Gasteiger partial charge in [-0.15, -0.1) is 5.10 Å². The topological polar surface area (TPSA) is 95.6 Å². The van der Waals surface area contributed by atoms with Gasteiger partial charge in [0.05, 0.1) is 6.04 Å². The number of aromatic nitrogens is 5. The van der Waals surface area contributed by atoms with E-state index in [1.165, 1.54) is 24.6 Å². The molecule has 21 heavy (non-hydrogen) atoms. The molecule has 7 nitrogen and oxygen atoms in total. The first-order valence-corrected chi connectivity index (χ1v) is 7.73. The lowest BCUT2D eigenvalue weighted by Gasteiger charge is -2.09. The summed E-state index contributed by atoms with van der Waals surface area (Å²) in [6.45, 7) is 0. The van der Waals surface area contributed by atoms with Crippen LogP contribution in [0.4, 0.5) is 5.69 Å². The van der Waals surface area contributed by atoms with Crippen LogP contribution in [0.25, 0.3) is 11.1 Å². The van der Waals surface area contributed by atoms with Crippen LogP contribution >= 0.6 is 11.8 Å². The number of hydrogen-bond acceptors (Lipinski definition) is 7. The molecule has 4 rings (SSSR count). The van der Waals surface area contributed by atoms with Crippen LogP contribution in [0.3, 0.4) is 0 Å². The molecule has 0 aliphatic heterocycles. The largest absolute Gasteiger partial charge is 0.431 e. The van der Waals surface area contributed by atoms with E-state index in [9.17, 15) is 0 Å². The minimum absolute atomic E-state index is 0.391. The minimum Gasteiger partial charge on any atom is -0.431 e. The van der Waals surface area contributed by atoms with Crippen molar-refractivity contribution in [3.63, 3.8) is 0 Å². The van der Waals surface area contributed by atoms with E-state index in [4.69, 9.17) is 10.2 Å². The van der Waals surface area contributed by atoms with Gasteiger partial charge in [-0.05, 0) is 35.4 Å². The lowest BCUT2D eigenvalue weighted by molar-refractivity contribution is 0.420. The highest BCUT2D eigenvalue weighted by molar-refractivity contribution is 7.99. The van der Waals surface area contributed by atoms with Crippen molar-refractivity contribution < 1.29 is 4.42 Å². The number of rotatable bonds is 3. The summed E-state index contributed by atoms with van der Waals surface area (Å²) in [4.78, 5) is 4.43. The van der Waals surface area contributed by atoms with Crippen LogP contribution in [0.2, 0.25) is 0 Å². The Morgan fingerprint density at radius 1 is 1.29 bits per heavy atom. The summed E-state index contributed by atoms with van der Waals surface area (Å²) in [5, 5.41) is 13.2. The van der Waals surface area contributed by atoms with Crippen LogP contribution in [-0.4, -0.2) is 25.2 Å². The molecule has 0 unspecified atom stereocenters. The van der Waals surface area contributed by atoms with E-state index in [1.54, 1.807) is 6.07 Å². The summed E-state index contributed by atoms with van der Waals surface area (Å²) in [5.74, 6) is 0. The molecule has 1 aliphatic rings. The maximum atomic E-state index is 5.74. The first-order chi connectivity index (χ1) is 10.3. The van der Waals surface area contributed by atoms with Crippen LogP contribution in [0.5, 0.6) is 0 Å². The smallest absolute Gasteiger partial charge is 0.264 e. The minimum atomic E-state index is 0.391. The molecule has 0 atom stereocenters. The fraction of sp³-hybridized carbons (Fsp3) is 0.385. The summed E-state index contributed by atoms with van der Waals surface area (Å²) in [6, 6.07) is 5.81. The quantitative estimate of drug-likeness (QED) is 0.743. The highest BCUT2D eigenvalue weighted by atomic mass is 32.2. The molecule has 1 aliphatic carbocycles. The Bertz CT molecular complexity index is 776. The normalized spacial score (nSPS) is 16.0. The van der Waals surface area contributed by atoms with Gasteiger partial charge in [0.2, 0.25) is 5.16 Å². The van der Waals surface area contributed by atoms with Crippen LogP contribution < -0.4 is 5.73 Å². The zero-order valence-electron chi connectivity index (χ0n) is 11.3. The molecule has 0 spiro atoms. The molecule has 2 heterocycles. The lowest BCUT2D eigenvalue weighted by Crippen LogP contribution is -2.08. The predicted octanol–water partition coefficient (Wildman–Crippen LogP) is 2.66. The Morgan fingerprint density at radius 2 is 2.14 bits per heavy atom. The predicted molar refractivity (Wildman–Crippen MR) is 77.9 cm³/mol. The number of nitrogens with two attached hydrogens (primary N) is 1. The summed E-state index contributed by atoms with van der Waals surface area (Å²) in [6.07, 6.45) is 4.72. The van der Waals surface area contributed by atoms with Gasteiger partial charge >= 0.3 is 0 Å². The van der Waals surface area contributed by atoms with Crippen molar-refractivity contribution in [2.75, 3.05) is 5.73 Å². The monoisotopic (exact) mass is 302 g/mol. The maximum Gasteiger partial charge on any atom is 0.264 e. The number of nitrogen functional groups attached to an aromatic ring is 1. The van der Waals surface area contributed by atoms with Gasteiger partial charge in [0.25, 0.3) is 5.22 Å². The molecule has 8 heteroatoms. The molecule has 0 bridgehead atoms. The molecular formula is C13H14N6OS. The average molecular weight is 302 g/mol. The van der Waals surface area contributed by atoms with Gasteiger partial charge in [-0.2, -0.15) is 0 Å². The van der Waals surface area contributed by atoms with Gasteiger partial charge in [0.1, 0.15) is 5.52 Å². The second-order valence-corrected chi connectivity index (χ2v) is 6.07. The molecule has 1 saturated carbocycles. The first-order valence-electron chi connectivity index (χ1n) is 6.91. The summed E-state index contributed by atoms with van der Waals surface area (Å²) >= 11 is 1.35. The van der Waals surface area contributed by atoms with Gasteiger partial charge in [0, 0.05) is 23.5 Å². The fourth-order valence-electron chi connectivity index (χ4n) is 2.67. The van der Waals surface area contributed by atoms with E-state index in [0.29, 0.717) is 22.5 Å². The SMILES string of the molecule is Nc1ccc2nc(Sc3nnnn3C3CCCC3)oc2c1. The summed E-state index contributed by atoms with van der Waals surface area (Å²) < 4.78 is 7.59. The fourth-order valence-corrected chi connectivity index (χ4v) is 3.46. The number of nitrogens with zero attached hydrogens (tertiary/aromatic N) is 5. The van der Waals surface area contributed by atoms with Crippen molar-refractivity contribution >= 4 is 28.5 Å². The third-order valence-corrected chi connectivity index (χ3v) is 4.51. The number of benzene rings is 1. The first kappa shape index (κ1) is 12.6. The molecule has 3 aromatic rings. The molecule has 1 fully saturated rings. The van der Waals surface area contributed by atoms with E-state index < -0.39 is 0 Å². The van der Waals surface area contributed by atoms with Crippen molar-refractivity contribution in [1.82, 2.24) is 25.2 Å². The van der Waals surface area contributed by atoms with Crippen molar-refractivity contribution in [2.24, 2.45) is 0 Å². The lowest BCUT2D eigenvalue weighted by atomic mass is 10.3. The van der Waals surface area contributed by atoms with E-state index in [1.807, 2.05) is 16.8 Å². The Kier molecular flexibility index (Phi) is 3.03. The van der Waals surface area contributed by atoms with Crippen LogP contribution in [0, 0.1) is 0 Å². The number of oxazole rings is 1. The van der Waals surface area contributed by atoms with Crippen molar-refractivity contribution in [1.29, 1.82) is 0 Å². The molecule has 2 aromatic heterocycles. The molecule has 2 N–H and O–H groups in total. The zero-order valence-corrected chi connectivity index (χ0v) is 12.1. The number of anilines is 1. The van der Waals surface area contributed by atoms with E-state index in [-0.39, 0.29) is 0 Å².